The van der Waals surface area contributed by atoms with Gasteiger partial charge in [0.25, 0.3) is 5.91 Å². The van der Waals surface area contributed by atoms with Gasteiger partial charge in [0.2, 0.25) is 28.1 Å². The summed E-state index contributed by atoms with van der Waals surface area (Å²) in [6.45, 7) is 0.981. The van der Waals surface area contributed by atoms with Crippen molar-refractivity contribution >= 4 is 50.0 Å². The van der Waals surface area contributed by atoms with Crippen molar-refractivity contribution < 1.29 is 42.1 Å². The van der Waals surface area contributed by atoms with Gasteiger partial charge in [0.15, 0.2) is 5.76 Å². The zero-order chi connectivity index (χ0) is 38.0. The van der Waals surface area contributed by atoms with Gasteiger partial charge in [-0.05, 0) is 66.9 Å². The third-order valence-corrected chi connectivity index (χ3v) is 10.7. The first-order valence-corrected chi connectivity index (χ1v) is 18.7. The van der Waals surface area contributed by atoms with E-state index in [4.69, 9.17) is 19.9 Å². The van der Waals surface area contributed by atoms with E-state index in [0.717, 1.165) is 20.8 Å². The minimum atomic E-state index is -3.98. The molecule has 1 aliphatic rings. The topological polar surface area (TPSA) is 192 Å². The van der Waals surface area contributed by atoms with Crippen LogP contribution in [0.5, 0.6) is 5.75 Å². The Bertz CT molecular complexity index is 2050. The van der Waals surface area contributed by atoms with E-state index in [1.807, 2.05) is 24.3 Å². The second-order valence-corrected chi connectivity index (χ2v) is 14.4. The number of sulfonamides is 1. The molecule has 2 unspecified atom stereocenters. The summed E-state index contributed by atoms with van der Waals surface area (Å²) < 4.78 is 46.7. The fourth-order valence-corrected chi connectivity index (χ4v) is 7.48. The van der Waals surface area contributed by atoms with Crippen LogP contribution in [0.1, 0.15) is 48.9 Å². The highest BCUT2D eigenvalue weighted by Crippen LogP contribution is 2.36. The number of aliphatic hydroxyl groups is 1. The standard InChI is InChI=1S/C38H45N5O9S/c1-26(45)43-25-31(30-9-3-6-12-34(30)43)27-23-35(38(47)40-18-8-7-13-36(46)41-33-11-5-4-10-32(33)39)52-37(24-27)51-22-20-42(19-21-44)53(48,49)29-16-14-28(50-2)15-17-29/h3-6,9-12,14-17,23,25,27,37,44H,7-8,13,18-22,24,39H2,1-2H3,(H,40,47)(H,41,46). The molecule has 15 heteroatoms. The van der Waals surface area contributed by atoms with Gasteiger partial charge < -0.3 is 35.7 Å². The molecule has 2 amide bonds. The van der Waals surface area contributed by atoms with Gasteiger partial charge in [-0.1, -0.05) is 30.3 Å². The Labute approximate surface area is 308 Å². The Hall–Kier alpha value is -5.22. The average molecular weight is 748 g/mol. The van der Waals surface area contributed by atoms with Crippen LogP contribution in [-0.2, 0) is 29.1 Å². The van der Waals surface area contributed by atoms with Gasteiger partial charge in [-0.25, -0.2) is 8.42 Å². The van der Waals surface area contributed by atoms with Gasteiger partial charge in [-0.3, -0.25) is 19.0 Å². The Morgan fingerprint density at radius 3 is 2.47 bits per heavy atom. The van der Waals surface area contributed by atoms with Crippen LogP contribution >= 0.6 is 0 Å². The molecule has 0 radical (unpaired) electrons. The summed E-state index contributed by atoms with van der Waals surface area (Å²) in [5.41, 5.74) is 8.44. The highest BCUT2D eigenvalue weighted by molar-refractivity contribution is 7.89. The fourth-order valence-electron chi connectivity index (χ4n) is 6.07. The number of hydrogen-bond acceptors (Lipinski definition) is 10. The van der Waals surface area contributed by atoms with E-state index in [1.54, 1.807) is 41.1 Å². The predicted octanol–water partition coefficient (Wildman–Crippen LogP) is 4.23. The molecule has 5 rings (SSSR count). The summed E-state index contributed by atoms with van der Waals surface area (Å²) in [5, 5.41) is 16.1. The minimum Gasteiger partial charge on any atom is -0.497 e. The van der Waals surface area contributed by atoms with Crippen LogP contribution in [0.15, 0.2) is 95.7 Å². The molecule has 0 saturated carbocycles. The summed E-state index contributed by atoms with van der Waals surface area (Å²) in [6.07, 6.45) is 4.06. The number of nitrogens with one attached hydrogen (secondary N) is 2. The third kappa shape index (κ3) is 9.81. The minimum absolute atomic E-state index is 0.0151. The lowest BCUT2D eigenvalue weighted by Crippen LogP contribution is -2.38. The first-order chi connectivity index (χ1) is 25.5. The van der Waals surface area contributed by atoms with Crippen LogP contribution < -0.4 is 21.1 Å². The molecule has 0 spiro atoms. The molecule has 0 fully saturated rings. The molecule has 5 N–H and O–H groups in total. The fraction of sp³-hybridized carbons (Fsp3) is 0.342. The smallest absolute Gasteiger partial charge is 0.286 e. The highest BCUT2D eigenvalue weighted by Gasteiger charge is 2.32. The maximum atomic E-state index is 13.4. The lowest BCUT2D eigenvalue weighted by molar-refractivity contribution is -0.146. The molecule has 1 aliphatic heterocycles. The summed E-state index contributed by atoms with van der Waals surface area (Å²) in [7, 11) is -2.50. The van der Waals surface area contributed by atoms with Crippen LogP contribution in [-0.4, -0.2) is 86.4 Å². The van der Waals surface area contributed by atoms with Crippen molar-refractivity contribution in [2.75, 3.05) is 51.0 Å². The number of allylic oxidation sites excluding steroid dienone is 1. The second-order valence-electron chi connectivity index (χ2n) is 12.4. The van der Waals surface area contributed by atoms with Gasteiger partial charge in [0.05, 0.1) is 42.1 Å². The van der Waals surface area contributed by atoms with Crippen LogP contribution in [0.4, 0.5) is 11.4 Å². The Morgan fingerprint density at radius 1 is 1.02 bits per heavy atom. The van der Waals surface area contributed by atoms with Gasteiger partial charge in [-0.15, -0.1) is 0 Å². The van der Waals surface area contributed by atoms with Crippen LogP contribution in [0, 0.1) is 0 Å². The first-order valence-electron chi connectivity index (χ1n) is 17.3. The molecule has 0 aliphatic carbocycles. The van der Waals surface area contributed by atoms with Crippen molar-refractivity contribution in [3.63, 3.8) is 0 Å². The zero-order valence-corrected chi connectivity index (χ0v) is 30.5. The predicted molar refractivity (Wildman–Crippen MR) is 200 cm³/mol. The van der Waals surface area contributed by atoms with E-state index < -0.39 is 34.7 Å². The SMILES string of the molecule is COc1ccc(S(=O)(=O)N(CCO)CCOC2CC(c3cn(C(C)=O)c4ccccc34)C=C(C(=O)NCCCCC(=O)Nc3ccccc3N)O2)cc1. The molecule has 2 heterocycles. The summed E-state index contributed by atoms with van der Waals surface area (Å²) >= 11 is 0. The van der Waals surface area contributed by atoms with Crippen LogP contribution in [0.2, 0.25) is 0 Å². The van der Waals surface area contributed by atoms with Gasteiger partial charge in [0.1, 0.15) is 5.75 Å². The van der Waals surface area contributed by atoms with E-state index in [-0.39, 0.29) is 61.6 Å². The number of carbonyl (C=O) groups excluding carboxylic acids is 3. The maximum Gasteiger partial charge on any atom is 0.286 e. The number of ether oxygens (including phenoxy) is 3. The molecular formula is C38H45N5O9S. The van der Waals surface area contributed by atoms with Crippen molar-refractivity contribution in [3.8, 4) is 5.75 Å². The molecule has 1 aromatic heterocycles. The number of nitrogens with zero attached hydrogens (tertiary/aromatic N) is 2. The first kappa shape index (κ1) is 39.0. The van der Waals surface area contributed by atoms with Crippen molar-refractivity contribution in [1.82, 2.24) is 14.2 Å². The van der Waals surface area contributed by atoms with Crippen molar-refractivity contribution in [2.24, 2.45) is 0 Å². The Balaban J connectivity index is 1.26. The summed E-state index contributed by atoms with van der Waals surface area (Å²) in [5.74, 6) is -0.718. The molecule has 4 aromatic rings. The normalized spacial score (nSPS) is 15.8. The average Bonchev–Trinajstić information content (AvgIpc) is 3.55. The molecule has 53 heavy (non-hydrogen) atoms. The van der Waals surface area contributed by atoms with E-state index in [9.17, 15) is 27.9 Å². The van der Waals surface area contributed by atoms with Gasteiger partial charge in [-0.2, -0.15) is 4.31 Å². The van der Waals surface area contributed by atoms with Crippen LogP contribution in [0.25, 0.3) is 10.9 Å². The van der Waals surface area contributed by atoms with E-state index >= 15 is 0 Å². The lowest BCUT2D eigenvalue weighted by Gasteiger charge is -2.30. The van der Waals surface area contributed by atoms with Crippen molar-refractivity contribution in [3.05, 3.63) is 96.4 Å². The van der Waals surface area contributed by atoms with Crippen molar-refractivity contribution in [1.29, 1.82) is 0 Å². The number of para-hydroxylation sites is 3. The highest BCUT2D eigenvalue weighted by atomic mass is 32.2. The number of amides is 2. The molecule has 0 bridgehead atoms. The largest absolute Gasteiger partial charge is 0.497 e. The van der Waals surface area contributed by atoms with E-state index in [2.05, 4.69) is 10.6 Å². The van der Waals surface area contributed by atoms with E-state index in [0.29, 0.717) is 30.0 Å². The Morgan fingerprint density at radius 2 is 1.75 bits per heavy atom. The molecule has 3 aromatic carbocycles. The third-order valence-electron chi connectivity index (χ3n) is 8.80. The van der Waals surface area contributed by atoms with Gasteiger partial charge in [0, 0.05) is 56.9 Å². The second kappa shape index (κ2) is 18.0. The number of aliphatic hydroxyl groups excluding tert-OH is 1. The summed E-state index contributed by atoms with van der Waals surface area (Å²) in [6, 6.07) is 20.4. The molecule has 14 nitrogen and oxygen atoms in total. The number of fused-ring (bicyclic) bond motifs is 1. The van der Waals surface area contributed by atoms with Crippen molar-refractivity contribution in [2.45, 2.75) is 49.7 Å². The molecular weight excluding hydrogens is 703 g/mol. The number of aromatic nitrogens is 1. The zero-order valence-electron chi connectivity index (χ0n) is 29.7. The number of carbonyl (C=O) groups is 3. The number of unbranched alkanes of at least 4 members (excludes halogenated alkanes) is 1. The van der Waals surface area contributed by atoms with Crippen LogP contribution in [0.3, 0.4) is 0 Å². The summed E-state index contributed by atoms with van der Waals surface area (Å²) in [4.78, 5) is 38.4. The quantitative estimate of drug-likeness (QED) is 0.0898. The number of anilines is 2. The van der Waals surface area contributed by atoms with Gasteiger partial charge >= 0.3 is 0 Å². The number of methoxy groups -OCH3 is 1. The lowest BCUT2D eigenvalue weighted by atomic mass is 9.92. The number of nitrogen functional groups attached to an aromatic ring is 1. The molecule has 2 atom stereocenters. The number of rotatable bonds is 17. The Kier molecular flexibility index (Phi) is 13.3. The number of benzene rings is 3. The number of hydrogen-bond donors (Lipinski definition) is 4. The maximum absolute atomic E-state index is 13.4. The monoisotopic (exact) mass is 747 g/mol. The molecule has 282 valence electrons. The number of nitrogens with two attached hydrogens (primary N) is 1. The molecule has 0 saturated heterocycles. The van der Waals surface area contributed by atoms with E-state index in [1.165, 1.54) is 38.3 Å².